The van der Waals surface area contributed by atoms with Crippen molar-refractivity contribution in [2.75, 3.05) is 26.2 Å². The van der Waals surface area contributed by atoms with E-state index in [4.69, 9.17) is 4.74 Å². The van der Waals surface area contributed by atoms with Gasteiger partial charge < -0.3 is 15.4 Å². The number of hydrogen-bond acceptors (Lipinski definition) is 3. The summed E-state index contributed by atoms with van der Waals surface area (Å²) in [5.41, 5.74) is 0. The third-order valence-electron chi connectivity index (χ3n) is 2.06. The Bertz CT molecular complexity index is 156. The SMILES string of the molecule is CCNC(=O)CNC[C@@H]1CCCO1. The molecule has 0 spiro atoms. The first-order chi connectivity index (χ1) is 6.33. The van der Waals surface area contributed by atoms with E-state index in [0.717, 1.165) is 26.0 Å². The van der Waals surface area contributed by atoms with Gasteiger partial charge in [-0.25, -0.2) is 0 Å². The van der Waals surface area contributed by atoms with Crippen LogP contribution in [0, 0.1) is 0 Å². The van der Waals surface area contributed by atoms with Crippen molar-refractivity contribution in [3.63, 3.8) is 0 Å². The molecule has 1 atom stereocenters. The second-order valence-electron chi connectivity index (χ2n) is 3.22. The monoisotopic (exact) mass is 186 g/mol. The molecule has 0 radical (unpaired) electrons. The van der Waals surface area contributed by atoms with E-state index >= 15 is 0 Å². The van der Waals surface area contributed by atoms with Gasteiger partial charge in [-0.15, -0.1) is 0 Å². The number of carbonyl (C=O) groups excluding carboxylic acids is 1. The largest absolute Gasteiger partial charge is 0.377 e. The van der Waals surface area contributed by atoms with Crippen molar-refractivity contribution >= 4 is 5.91 Å². The topological polar surface area (TPSA) is 50.4 Å². The minimum Gasteiger partial charge on any atom is -0.377 e. The van der Waals surface area contributed by atoms with E-state index in [0.29, 0.717) is 19.2 Å². The average molecular weight is 186 g/mol. The van der Waals surface area contributed by atoms with Crippen LogP contribution in [0.3, 0.4) is 0 Å². The second-order valence-corrected chi connectivity index (χ2v) is 3.22. The highest BCUT2D eigenvalue weighted by Crippen LogP contribution is 2.10. The fourth-order valence-electron chi connectivity index (χ4n) is 1.41. The first-order valence-electron chi connectivity index (χ1n) is 4.92. The van der Waals surface area contributed by atoms with Crippen molar-refractivity contribution < 1.29 is 9.53 Å². The number of nitrogens with one attached hydrogen (secondary N) is 2. The van der Waals surface area contributed by atoms with Crippen molar-refractivity contribution in [3.05, 3.63) is 0 Å². The average Bonchev–Trinajstić information content (AvgIpc) is 2.57. The Morgan fingerprint density at radius 3 is 3.08 bits per heavy atom. The molecule has 13 heavy (non-hydrogen) atoms. The summed E-state index contributed by atoms with van der Waals surface area (Å²) in [4.78, 5) is 11.0. The number of rotatable bonds is 5. The molecule has 1 rings (SSSR count). The zero-order valence-corrected chi connectivity index (χ0v) is 8.14. The molecule has 0 aromatic carbocycles. The van der Waals surface area contributed by atoms with Crippen molar-refractivity contribution in [1.29, 1.82) is 0 Å². The standard InChI is InChI=1S/C9H18N2O2/c1-2-11-9(12)7-10-6-8-4-3-5-13-8/h8,10H,2-7H2,1H3,(H,11,12)/t8-/m0/s1. The Morgan fingerprint density at radius 2 is 2.46 bits per heavy atom. The van der Waals surface area contributed by atoms with Crippen molar-refractivity contribution in [3.8, 4) is 0 Å². The highest BCUT2D eigenvalue weighted by molar-refractivity contribution is 5.77. The minimum atomic E-state index is 0.0560. The van der Waals surface area contributed by atoms with Gasteiger partial charge in [-0.2, -0.15) is 0 Å². The molecule has 0 unspecified atom stereocenters. The lowest BCUT2D eigenvalue weighted by Crippen LogP contribution is -2.37. The van der Waals surface area contributed by atoms with Gasteiger partial charge in [0.25, 0.3) is 0 Å². The first-order valence-corrected chi connectivity index (χ1v) is 4.92. The zero-order valence-electron chi connectivity index (χ0n) is 8.14. The smallest absolute Gasteiger partial charge is 0.233 e. The van der Waals surface area contributed by atoms with Crippen LogP contribution in [0.4, 0.5) is 0 Å². The molecule has 1 fully saturated rings. The molecule has 1 saturated heterocycles. The van der Waals surface area contributed by atoms with Crippen molar-refractivity contribution in [2.45, 2.75) is 25.9 Å². The van der Waals surface area contributed by atoms with E-state index in [1.807, 2.05) is 6.92 Å². The Hall–Kier alpha value is -0.610. The fraction of sp³-hybridized carbons (Fsp3) is 0.889. The summed E-state index contributed by atoms with van der Waals surface area (Å²) in [5.74, 6) is 0.0560. The Kier molecular flexibility index (Phi) is 4.78. The molecule has 1 amide bonds. The molecule has 1 aliphatic rings. The molecule has 0 aromatic heterocycles. The van der Waals surface area contributed by atoms with Gasteiger partial charge in [-0.1, -0.05) is 0 Å². The Labute approximate surface area is 79.0 Å². The number of hydrogen-bond donors (Lipinski definition) is 2. The molecule has 1 heterocycles. The van der Waals surface area contributed by atoms with E-state index in [1.54, 1.807) is 0 Å². The Balaban J connectivity index is 1.96. The lowest BCUT2D eigenvalue weighted by Gasteiger charge is -2.09. The van der Waals surface area contributed by atoms with Crippen LogP contribution in [-0.4, -0.2) is 38.3 Å². The van der Waals surface area contributed by atoms with Gasteiger partial charge in [0, 0.05) is 19.7 Å². The quantitative estimate of drug-likeness (QED) is 0.630. The van der Waals surface area contributed by atoms with E-state index in [9.17, 15) is 4.79 Å². The van der Waals surface area contributed by atoms with Crippen LogP contribution in [0.15, 0.2) is 0 Å². The summed E-state index contributed by atoms with van der Waals surface area (Å²) in [5, 5.41) is 5.80. The van der Waals surface area contributed by atoms with Crippen LogP contribution in [0.1, 0.15) is 19.8 Å². The summed E-state index contributed by atoms with van der Waals surface area (Å²) in [6.45, 7) is 4.66. The highest BCUT2D eigenvalue weighted by atomic mass is 16.5. The number of carbonyl (C=O) groups is 1. The van der Waals surface area contributed by atoms with Gasteiger partial charge in [0.15, 0.2) is 0 Å². The summed E-state index contributed by atoms with van der Waals surface area (Å²) in [6, 6.07) is 0. The van der Waals surface area contributed by atoms with Gasteiger partial charge in [0.2, 0.25) is 5.91 Å². The van der Waals surface area contributed by atoms with Crippen LogP contribution < -0.4 is 10.6 Å². The van der Waals surface area contributed by atoms with Crippen LogP contribution in [0.5, 0.6) is 0 Å². The molecule has 76 valence electrons. The molecule has 0 bridgehead atoms. The van der Waals surface area contributed by atoms with Gasteiger partial charge in [0.1, 0.15) is 0 Å². The molecule has 0 aliphatic carbocycles. The van der Waals surface area contributed by atoms with Gasteiger partial charge in [0.05, 0.1) is 12.6 Å². The molecule has 2 N–H and O–H groups in total. The normalized spacial score (nSPS) is 21.8. The molecule has 4 nitrogen and oxygen atoms in total. The maximum atomic E-state index is 11.0. The van der Waals surface area contributed by atoms with Crippen LogP contribution in [0.2, 0.25) is 0 Å². The van der Waals surface area contributed by atoms with E-state index < -0.39 is 0 Å². The van der Waals surface area contributed by atoms with Crippen LogP contribution in [0.25, 0.3) is 0 Å². The van der Waals surface area contributed by atoms with Crippen LogP contribution in [-0.2, 0) is 9.53 Å². The fourth-order valence-corrected chi connectivity index (χ4v) is 1.41. The molecular formula is C9H18N2O2. The minimum absolute atomic E-state index is 0.0560. The first kappa shape index (κ1) is 10.5. The predicted molar refractivity (Wildman–Crippen MR) is 50.5 cm³/mol. The highest BCUT2D eigenvalue weighted by Gasteiger charge is 2.14. The maximum absolute atomic E-state index is 11.0. The molecule has 1 aliphatic heterocycles. The van der Waals surface area contributed by atoms with Crippen LogP contribution >= 0.6 is 0 Å². The van der Waals surface area contributed by atoms with Gasteiger partial charge >= 0.3 is 0 Å². The molecule has 4 heteroatoms. The summed E-state index contributed by atoms with van der Waals surface area (Å²) >= 11 is 0. The molecule has 0 aromatic rings. The van der Waals surface area contributed by atoms with Crippen molar-refractivity contribution in [1.82, 2.24) is 10.6 Å². The summed E-state index contributed by atoms with van der Waals surface area (Å²) in [6.07, 6.45) is 2.57. The Morgan fingerprint density at radius 1 is 1.62 bits per heavy atom. The zero-order chi connectivity index (χ0) is 9.52. The third kappa shape index (κ3) is 4.24. The predicted octanol–water partition coefficient (Wildman–Crippen LogP) is -0.109. The number of ether oxygens (including phenoxy) is 1. The third-order valence-corrected chi connectivity index (χ3v) is 2.06. The van der Waals surface area contributed by atoms with E-state index in [1.165, 1.54) is 0 Å². The molecular weight excluding hydrogens is 168 g/mol. The van der Waals surface area contributed by atoms with E-state index in [-0.39, 0.29) is 5.91 Å². The van der Waals surface area contributed by atoms with E-state index in [2.05, 4.69) is 10.6 Å². The number of likely N-dealkylation sites (N-methyl/N-ethyl adjacent to an activating group) is 1. The lowest BCUT2D eigenvalue weighted by atomic mass is 10.2. The van der Waals surface area contributed by atoms with Gasteiger partial charge in [-0.3, -0.25) is 4.79 Å². The maximum Gasteiger partial charge on any atom is 0.233 e. The molecule has 0 saturated carbocycles. The second kappa shape index (κ2) is 5.94. The number of amides is 1. The van der Waals surface area contributed by atoms with Crippen molar-refractivity contribution in [2.24, 2.45) is 0 Å². The van der Waals surface area contributed by atoms with Gasteiger partial charge in [-0.05, 0) is 19.8 Å². The lowest BCUT2D eigenvalue weighted by molar-refractivity contribution is -0.120. The summed E-state index contributed by atoms with van der Waals surface area (Å²) < 4.78 is 5.40. The summed E-state index contributed by atoms with van der Waals surface area (Å²) in [7, 11) is 0.